The molecule has 1 aromatic heterocycles. The summed E-state index contributed by atoms with van der Waals surface area (Å²) in [4.78, 5) is 12.4. The highest BCUT2D eigenvalue weighted by Gasteiger charge is 2.32. The normalized spacial score (nSPS) is 11.4. The Bertz CT molecular complexity index is 952. The third-order valence-corrected chi connectivity index (χ3v) is 3.83. The van der Waals surface area contributed by atoms with Crippen molar-refractivity contribution in [1.29, 1.82) is 0 Å². The second kappa shape index (κ2) is 6.80. The first-order valence-corrected chi connectivity index (χ1v) is 7.66. The van der Waals surface area contributed by atoms with Crippen LogP contribution < -0.4 is 14.8 Å². The van der Waals surface area contributed by atoms with Gasteiger partial charge in [-0.1, -0.05) is 11.6 Å². The zero-order valence-electron chi connectivity index (χ0n) is 13.3. The van der Waals surface area contributed by atoms with Gasteiger partial charge in [-0.15, -0.1) is 13.2 Å². The summed E-state index contributed by atoms with van der Waals surface area (Å²) in [6, 6.07) is 9.98. The molecule has 0 aliphatic heterocycles. The van der Waals surface area contributed by atoms with Crippen LogP contribution in [0.25, 0.3) is 10.9 Å². The third kappa shape index (κ3) is 3.85. The van der Waals surface area contributed by atoms with Gasteiger partial charge >= 0.3 is 12.4 Å². The molecule has 0 saturated carbocycles. The Hall–Kier alpha value is -2.87. The molecule has 0 bridgehead atoms. The molecule has 0 fully saturated rings. The van der Waals surface area contributed by atoms with Crippen molar-refractivity contribution in [3.8, 4) is 11.5 Å². The average Bonchev–Trinajstić information content (AvgIpc) is 2.97. The summed E-state index contributed by atoms with van der Waals surface area (Å²) in [5, 5.41) is 2.93. The highest BCUT2D eigenvalue weighted by molar-refractivity contribution is 6.32. The van der Waals surface area contributed by atoms with Gasteiger partial charge < -0.3 is 14.8 Å². The van der Waals surface area contributed by atoms with E-state index >= 15 is 0 Å². The summed E-state index contributed by atoms with van der Waals surface area (Å²) >= 11 is 5.81. The summed E-state index contributed by atoms with van der Waals surface area (Å²) in [5.41, 5.74) is 0.720. The number of hydrogen-bond donors (Lipinski definition) is 1. The number of anilines is 1. The lowest BCUT2D eigenvalue weighted by molar-refractivity contribution is -0.274. The highest BCUT2D eigenvalue weighted by atomic mass is 35.5. The molecule has 0 atom stereocenters. The van der Waals surface area contributed by atoms with Gasteiger partial charge in [0.05, 0.1) is 17.6 Å². The topological polar surface area (TPSA) is 52.5 Å². The van der Waals surface area contributed by atoms with Crippen LogP contribution in [0.2, 0.25) is 5.02 Å². The SMILES string of the molecule is COc1ccc(NC(=O)n2ccc3cc(Cl)c(OC(F)(F)F)cc32)cc1. The maximum Gasteiger partial charge on any atom is 0.573 e. The Morgan fingerprint density at radius 2 is 1.85 bits per heavy atom. The molecule has 0 aliphatic rings. The number of fused-ring (bicyclic) bond motifs is 1. The van der Waals surface area contributed by atoms with Gasteiger partial charge in [0, 0.05) is 23.3 Å². The van der Waals surface area contributed by atoms with Gasteiger partial charge in [-0.3, -0.25) is 4.57 Å². The lowest BCUT2D eigenvalue weighted by atomic mass is 10.2. The highest BCUT2D eigenvalue weighted by Crippen LogP contribution is 2.34. The summed E-state index contributed by atoms with van der Waals surface area (Å²) in [7, 11) is 1.52. The van der Waals surface area contributed by atoms with Crippen LogP contribution in [0.3, 0.4) is 0 Å². The predicted molar refractivity (Wildman–Crippen MR) is 91.0 cm³/mol. The molecule has 1 N–H and O–H groups in total. The molecule has 0 spiro atoms. The van der Waals surface area contributed by atoms with E-state index in [9.17, 15) is 18.0 Å². The number of carbonyl (C=O) groups excluding carboxylic acids is 1. The molecule has 26 heavy (non-hydrogen) atoms. The number of alkyl halides is 3. The number of halogens is 4. The molecule has 0 saturated heterocycles. The van der Waals surface area contributed by atoms with Crippen molar-refractivity contribution >= 4 is 34.2 Å². The van der Waals surface area contributed by atoms with Crippen LogP contribution in [-0.4, -0.2) is 24.1 Å². The molecule has 9 heteroatoms. The molecular formula is C17H12ClF3N2O3. The second-order valence-corrected chi connectivity index (χ2v) is 5.64. The molecule has 3 rings (SSSR count). The zero-order chi connectivity index (χ0) is 18.9. The number of amides is 1. The smallest absolute Gasteiger partial charge is 0.497 e. The molecule has 3 aromatic rings. The van der Waals surface area contributed by atoms with E-state index < -0.39 is 18.1 Å². The number of hydrogen-bond acceptors (Lipinski definition) is 3. The largest absolute Gasteiger partial charge is 0.573 e. The van der Waals surface area contributed by atoms with E-state index in [0.717, 1.165) is 6.07 Å². The molecule has 1 heterocycles. The molecular weight excluding hydrogens is 373 g/mol. The zero-order valence-corrected chi connectivity index (χ0v) is 14.1. The molecule has 136 valence electrons. The van der Waals surface area contributed by atoms with Gasteiger partial charge in [-0.25, -0.2) is 4.79 Å². The van der Waals surface area contributed by atoms with Gasteiger partial charge in [0.1, 0.15) is 11.5 Å². The first-order valence-electron chi connectivity index (χ1n) is 7.28. The van der Waals surface area contributed by atoms with Gasteiger partial charge in [0.25, 0.3) is 0 Å². The van der Waals surface area contributed by atoms with E-state index in [1.54, 1.807) is 30.3 Å². The average molecular weight is 385 g/mol. The molecule has 5 nitrogen and oxygen atoms in total. The van der Waals surface area contributed by atoms with Crippen LogP contribution >= 0.6 is 11.6 Å². The minimum Gasteiger partial charge on any atom is -0.497 e. The molecule has 2 aromatic carbocycles. The standard InChI is InChI=1S/C17H12ClF3N2O3/c1-25-12-4-2-11(3-5-12)22-16(24)23-7-6-10-8-13(18)15(9-14(10)23)26-17(19,20)21/h2-9H,1H3,(H,22,24). The number of benzene rings is 2. The van der Waals surface area contributed by atoms with Crippen LogP contribution in [0.5, 0.6) is 11.5 Å². The van der Waals surface area contributed by atoms with Crippen molar-refractivity contribution in [2.45, 2.75) is 6.36 Å². The Labute approximate surface area is 150 Å². The first kappa shape index (κ1) is 17.9. The molecule has 0 radical (unpaired) electrons. The van der Waals surface area contributed by atoms with Crippen molar-refractivity contribution in [1.82, 2.24) is 4.57 Å². The van der Waals surface area contributed by atoms with Gasteiger partial charge in [0.15, 0.2) is 0 Å². The number of carbonyl (C=O) groups is 1. The Kier molecular flexibility index (Phi) is 4.69. The van der Waals surface area contributed by atoms with Crippen molar-refractivity contribution in [3.63, 3.8) is 0 Å². The fourth-order valence-electron chi connectivity index (χ4n) is 2.37. The third-order valence-electron chi connectivity index (χ3n) is 3.53. The van der Waals surface area contributed by atoms with E-state index in [2.05, 4.69) is 10.1 Å². The van der Waals surface area contributed by atoms with Gasteiger partial charge in [-0.05, 0) is 36.4 Å². The Morgan fingerprint density at radius 1 is 1.15 bits per heavy atom. The van der Waals surface area contributed by atoms with Crippen LogP contribution in [0.4, 0.5) is 23.7 Å². The summed E-state index contributed by atoms with van der Waals surface area (Å²) in [6.45, 7) is 0. The van der Waals surface area contributed by atoms with Crippen LogP contribution in [0.15, 0.2) is 48.7 Å². The summed E-state index contributed by atoms with van der Waals surface area (Å²) in [5.74, 6) is 0.0434. The summed E-state index contributed by atoms with van der Waals surface area (Å²) < 4.78 is 47.5. The maximum atomic E-state index is 12.5. The van der Waals surface area contributed by atoms with Crippen molar-refractivity contribution in [2.24, 2.45) is 0 Å². The number of nitrogens with one attached hydrogen (secondary N) is 1. The minimum absolute atomic E-state index is 0.205. The van der Waals surface area contributed by atoms with Gasteiger partial charge in [0.2, 0.25) is 0 Å². The van der Waals surface area contributed by atoms with Crippen molar-refractivity contribution in [3.05, 3.63) is 53.7 Å². The van der Waals surface area contributed by atoms with Crippen LogP contribution in [0, 0.1) is 0 Å². The van der Waals surface area contributed by atoms with E-state index in [1.165, 1.54) is 23.9 Å². The number of aromatic nitrogens is 1. The number of rotatable bonds is 3. The fraction of sp³-hybridized carbons (Fsp3) is 0.118. The molecule has 1 amide bonds. The van der Waals surface area contributed by atoms with Crippen LogP contribution in [-0.2, 0) is 0 Å². The van der Waals surface area contributed by atoms with Crippen molar-refractivity contribution < 1.29 is 27.4 Å². The van der Waals surface area contributed by atoms with E-state index in [4.69, 9.17) is 16.3 Å². The van der Waals surface area contributed by atoms with Crippen molar-refractivity contribution in [2.75, 3.05) is 12.4 Å². The van der Waals surface area contributed by atoms with Gasteiger partial charge in [-0.2, -0.15) is 0 Å². The van der Waals surface area contributed by atoms with Crippen LogP contribution in [0.1, 0.15) is 0 Å². The predicted octanol–water partition coefficient (Wildman–Crippen LogP) is 5.28. The maximum absolute atomic E-state index is 12.5. The second-order valence-electron chi connectivity index (χ2n) is 5.23. The molecule has 0 aliphatic carbocycles. The Balaban J connectivity index is 1.91. The van der Waals surface area contributed by atoms with E-state index in [-0.39, 0.29) is 10.5 Å². The fourth-order valence-corrected chi connectivity index (χ4v) is 2.58. The summed E-state index contributed by atoms with van der Waals surface area (Å²) in [6.07, 6.45) is -3.46. The quantitative estimate of drug-likeness (QED) is 0.668. The number of ether oxygens (including phenoxy) is 2. The minimum atomic E-state index is -4.89. The monoisotopic (exact) mass is 384 g/mol. The Morgan fingerprint density at radius 3 is 2.46 bits per heavy atom. The lowest BCUT2D eigenvalue weighted by Crippen LogP contribution is -2.19. The number of nitrogens with zero attached hydrogens (tertiary/aromatic N) is 1. The van der Waals surface area contributed by atoms with E-state index in [1.807, 2.05) is 0 Å². The first-order chi connectivity index (χ1) is 12.3. The lowest BCUT2D eigenvalue weighted by Gasteiger charge is -2.12. The molecule has 0 unspecified atom stereocenters. The van der Waals surface area contributed by atoms with E-state index in [0.29, 0.717) is 16.8 Å². The number of methoxy groups -OCH3 is 1.